The molecule has 0 aliphatic carbocycles. The first-order valence-electron chi connectivity index (χ1n) is 6.10. The van der Waals surface area contributed by atoms with Crippen molar-refractivity contribution >= 4 is 32.6 Å². The molecule has 1 aromatic rings. The SMILES string of the molecule is CCC(=O)O[SH]1C=CC(c2ccc(S(C)(=O)=O)cc2)=C1. The van der Waals surface area contributed by atoms with Crippen molar-refractivity contribution in [3.63, 3.8) is 0 Å². The summed E-state index contributed by atoms with van der Waals surface area (Å²) < 4.78 is 28.0. The van der Waals surface area contributed by atoms with Crippen LogP contribution < -0.4 is 0 Å². The predicted molar refractivity (Wildman–Crippen MR) is 82.0 cm³/mol. The van der Waals surface area contributed by atoms with Gasteiger partial charge < -0.3 is 4.18 Å². The zero-order valence-electron chi connectivity index (χ0n) is 11.2. The highest BCUT2D eigenvalue weighted by Gasteiger charge is 2.12. The summed E-state index contributed by atoms with van der Waals surface area (Å²) in [5.74, 6) is -0.217. The summed E-state index contributed by atoms with van der Waals surface area (Å²) in [5.41, 5.74) is 1.85. The molecule has 2 rings (SSSR count). The molecule has 1 aliphatic heterocycles. The standard InChI is InChI=1S/C14H16O4S2/c1-3-14(15)18-19-9-8-12(10-19)11-4-6-13(7-5-11)20(2,16)17/h4-10,19H,3H2,1-2H3. The highest BCUT2D eigenvalue weighted by Crippen LogP contribution is 2.41. The van der Waals surface area contributed by atoms with Gasteiger partial charge >= 0.3 is 5.97 Å². The number of rotatable bonds is 4. The predicted octanol–water partition coefficient (Wildman–Crippen LogP) is 2.83. The molecule has 0 bridgehead atoms. The summed E-state index contributed by atoms with van der Waals surface area (Å²) in [4.78, 5) is 11.5. The van der Waals surface area contributed by atoms with Crippen molar-refractivity contribution in [3.8, 4) is 0 Å². The van der Waals surface area contributed by atoms with Gasteiger partial charge in [-0.1, -0.05) is 30.2 Å². The minimum atomic E-state index is -3.18. The lowest BCUT2D eigenvalue weighted by atomic mass is 10.1. The van der Waals surface area contributed by atoms with Crippen molar-refractivity contribution in [3.05, 3.63) is 46.7 Å². The molecular weight excluding hydrogens is 296 g/mol. The van der Waals surface area contributed by atoms with E-state index in [1.54, 1.807) is 31.2 Å². The third-order valence-electron chi connectivity index (χ3n) is 2.78. The molecule has 1 atom stereocenters. The van der Waals surface area contributed by atoms with Gasteiger partial charge in [0, 0.05) is 12.7 Å². The molecule has 4 nitrogen and oxygen atoms in total. The monoisotopic (exact) mass is 312 g/mol. The fourth-order valence-corrected chi connectivity index (χ4v) is 3.69. The Labute approximate surface area is 121 Å². The van der Waals surface area contributed by atoms with Gasteiger partial charge in [-0.05, 0) is 40.2 Å². The molecule has 1 unspecified atom stereocenters. The van der Waals surface area contributed by atoms with Crippen LogP contribution in [0.5, 0.6) is 0 Å². The first-order valence-corrected chi connectivity index (χ1v) is 9.38. The second-order valence-corrected chi connectivity index (χ2v) is 7.85. The van der Waals surface area contributed by atoms with E-state index in [-0.39, 0.29) is 5.97 Å². The third-order valence-corrected chi connectivity index (χ3v) is 5.30. The lowest BCUT2D eigenvalue weighted by molar-refractivity contribution is -0.132. The Morgan fingerprint density at radius 3 is 2.45 bits per heavy atom. The number of hydrogen-bond donors (Lipinski definition) is 1. The molecule has 0 amide bonds. The van der Waals surface area contributed by atoms with E-state index >= 15 is 0 Å². The summed E-state index contributed by atoms with van der Waals surface area (Å²) in [6, 6.07) is 6.68. The molecular formula is C14H16O4S2. The fourth-order valence-electron chi connectivity index (χ4n) is 1.68. The molecule has 0 aromatic heterocycles. The van der Waals surface area contributed by atoms with Gasteiger partial charge in [0.05, 0.1) is 4.90 Å². The largest absolute Gasteiger partial charge is 0.410 e. The molecule has 6 heteroatoms. The zero-order valence-corrected chi connectivity index (χ0v) is 12.9. The van der Waals surface area contributed by atoms with Gasteiger partial charge in [-0.3, -0.25) is 4.79 Å². The number of sulfone groups is 1. The molecule has 1 aliphatic rings. The minimum absolute atomic E-state index is 0.217. The van der Waals surface area contributed by atoms with Gasteiger partial charge in [0.15, 0.2) is 9.84 Å². The van der Waals surface area contributed by atoms with Crippen LogP contribution in [0.3, 0.4) is 0 Å². The number of benzene rings is 1. The molecule has 0 saturated carbocycles. The quantitative estimate of drug-likeness (QED) is 0.869. The van der Waals surface area contributed by atoms with E-state index in [0.717, 1.165) is 11.1 Å². The average molecular weight is 312 g/mol. The van der Waals surface area contributed by atoms with Crippen LogP contribution in [0.15, 0.2) is 46.1 Å². The molecule has 1 aromatic carbocycles. The van der Waals surface area contributed by atoms with E-state index in [1.165, 1.54) is 6.26 Å². The molecule has 0 saturated heterocycles. The number of carbonyl (C=O) groups excluding carboxylic acids is 1. The van der Waals surface area contributed by atoms with Crippen molar-refractivity contribution in [1.29, 1.82) is 0 Å². The van der Waals surface area contributed by atoms with Crippen LogP contribution >= 0.6 is 11.2 Å². The summed E-state index contributed by atoms with van der Waals surface area (Å²) in [6.07, 6.45) is 3.43. The molecule has 108 valence electrons. The van der Waals surface area contributed by atoms with Crippen molar-refractivity contribution in [2.75, 3.05) is 6.26 Å². The van der Waals surface area contributed by atoms with Gasteiger partial charge in [-0.25, -0.2) is 8.42 Å². The maximum absolute atomic E-state index is 11.4. The highest BCUT2D eigenvalue weighted by atomic mass is 32.2. The Morgan fingerprint density at radius 1 is 1.25 bits per heavy atom. The lowest BCUT2D eigenvalue weighted by Crippen LogP contribution is -1.97. The van der Waals surface area contributed by atoms with Gasteiger partial charge in [0.2, 0.25) is 0 Å². The van der Waals surface area contributed by atoms with Crippen LogP contribution in [0.2, 0.25) is 0 Å². The van der Waals surface area contributed by atoms with Crippen molar-refractivity contribution in [2.24, 2.45) is 0 Å². The molecule has 0 N–H and O–H groups in total. The summed E-state index contributed by atoms with van der Waals surface area (Å²) in [6.45, 7) is 1.76. The maximum atomic E-state index is 11.4. The van der Waals surface area contributed by atoms with Gasteiger partial charge in [0.25, 0.3) is 0 Å². The van der Waals surface area contributed by atoms with E-state index in [0.29, 0.717) is 11.3 Å². The highest BCUT2D eigenvalue weighted by molar-refractivity contribution is 8.18. The van der Waals surface area contributed by atoms with Crippen LogP contribution in [0.4, 0.5) is 0 Å². The third kappa shape index (κ3) is 3.52. The topological polar surface area (TPSA) is 60.4 Å². The van der Waals surface area contributed by atoms with E-state index in [9.17, 15) is 13.2 Å². The molecule has 0 fully saturated rings. The number of allylic oxidation sites excluding steroid dienone is 2. The molecule has 1 heterocycles. The Morgan fingerprint density at radius 2 is 1.90 bits per heavy atom. The fraction of sp³-hybridized carbons (Fsp3) is 0.214. The second kappa shape index (κ2) is 5.85. The Kier molecular flexibility index (Phi) is 4.35. The van der Waals surface area contributed by atoms with Crippen LogP contribution in [-0.2, 0) is 18.8 Å². The van der Waals surface area contributed by atoms with E-state index in [1.807, 2.05) is 16.9 Å². The summed E-state index contributed by atoms with van der Waals surface area (Å²) >= 11 is -0.994. The first-order chi connectivity index (χ1) is 9.40. The van der Waals surface area contributed by atoms with Crippen LogP contribution in [0.1, 0.15) is 18.9 Å². The van der Waals surface area contributed by atoms with Crippen LogP contribution in [0, 0.1) is 0 Å². The summed E-state index contributed by atoms with van der Waals surface area (Å²) in [7, 11) is -3.18. The number of hydrogen-bond acceptors (Lipinski definition) is 4. The Hall–Kier alpha value is -1.53. The summed E-state index contributed by atoms with van der Waals surface area (Å²) in [5, 5.41) is 3.76. The normalized spacial score (nSPS) is 19.7. The van der Waals surface area contributed by atoms with Crippen LogP contribution in [0.25, 0.3) is 5.57 Å². The van der Waals surface area contributed by atoms with E-state index in [2.05, 4.69) is 0 Å². The van der Waals surface area contributed by atoms with Crippen LogP contribution in [-0.4, -0.2) is 20.6 Å². The number of carbonyl (C=O) groups is 1. The molecule has 20 heavy (non-hydrogen) atoms. The van der Waals surface area contributed by atoms with E-state index < -0.39 is 21.0 Å². The maximum Gasteiger partial charge on any atom is 0.316 e. The van der Waals surface area contributed by atoms with Crippen molar-refractivity contribution < 1.29 is 17.4 Å². The molecule has 0 spiro atoms. The molecule has 0 radical (unpaired) electrons. The number of thiol groups is 1. The average Bonchev–Trinajstić information content (AvgIpc) is 2.86. The van der Waals surface area contributed by atoms with Crippen molar-refractivity contribution in [2.45, 2.75) is 18.2 Å². The lowest BCUT2D eigenvalue weighted by Gasteiger charge is -2.10. The Balaban J connectivity index is 2.16. The van der Waals surface area contributed by atoms with Gasteiger partial charge in [0.1, 0.15) is 0 Å². The minimum Gasteiger partial charge on any atom is -0.410 e. The Bertz CT molecular complexity index is 670. The van der Waals surface area contributed by atoms with Gasteiger partial charge in [-0.2, -0.15) is 0 Å². The van der Waals surface area contributed by atoms with Crippen molar-refractivity contribution in [1.82, 2.24) is 0 Å². The van der Waals surface area contributed by atoms with E-state index in [4.69, 9.17) is 4.18 Å². The zero-order chi connectivity index (χ0) is 14.8. The first kappa shape index (κ1) is 14.9. The smallest absolute Gasteiger partial charge is 0.316 e. The van der Waals surface area contributed by atoms with Gasteiger partial charge in [-0.15, -0.1) is 0 Å². The second-order valence-electron chi connectivity index (χ2n) is 4.37.